The van der Waals surface area contributed by atoms with E-state index in [0.717, 1.165) is 12.3 Å². The Hall–Kier alpha value is -4.44. The van der Waals surface area contributed by atoms with Gasteiger partial charge in [-0.25, -0.2) is 10.2 Å². The number of rotatable bonds is 2. The summed E-state index contributed by atoms with van der Waals surface area (Å²) in [6.07, 6.45) is 3.47. The minimum Gasteiger partial charge on any atom is -0.481 e. The van der Waals surface area contributed by atoms with E-state index in [1.165, 1.54) is 12.3 Å². The molecule has 26 heteroatoms. The number of hydrogen-bond donors (Lipinski definition) is 4. The third-order valence-corrected chi connectivity index (χ3v) is 6.07. The van der Waals surface area contributed by atoms with Gasteiger partial charge in [0.1, 0.15) is 0 Å². The average molecular weight is 915 g/mol. The van der Waals surface area contributed by atoms with Gasteiger partial charge in [0.2, 0.25) is 0 Å². The zero-order valence-electron chi connectivity index (χ0n) is 27.0. The lowest BCUT2D eigenvalue weighted by Gasteiger charge is -2.04. The van der Waals surface area contributed by atoms with Crippen molar-refractivity contribution in [1.29, 1.82) is 0 Å². The quantitative estimate of drug-likeness (QED) is 0.120. The molecule has 5 heterocycles. The summed E-state index contributed by atoms with van der Waals surface area (Å²) in [7, 11) is 0. The van der Waals surface area contributed by atoms with Gasteiger partial charge >= 0.3 is 17.5 Å². The van der Waals surface area contributed by atoms with Gasteiger partial charge in [-0.05, 0) is 71.8 Å². The lowest BCUT2D eigenvalue weighted by molar-refractivity contribution is -0.193. The number of aliphatic carboxylic acids is 1. The number of halogens is 7. The molecule has 6 rings (SSSR count). The van der Waals surface area contributed by atoms with Gasteiger partial charge in [0, 0.05) is 24.4 Å². The fourth-order valence-electron chi connectivity index (χ4n) is 3.22. The maximum Gasteiger partial charge on any atom is 0.373 e. The average Bonchev–Trinajstić information content (AvgIpc) is 3.84. The molecule has 1 amide bonds. The number of benzene rings is 1. The molecular formula is C28H21Cl7N5O13P. The maximum absolute atomic E-state index is 11.7. The lowest BCUT2D eigenvalue weighted by Crippen LogP contribution is -2.29. The van der Waals surface area contributed by atoms with Gasteiger partial charge in [-0.3, -0.25) is 23.7 Å². The molecule has 0 aliphatic carbocycles. The molecule has 0 atom stereocenters. The maximum atomic E-state index is 11.7. The summed E-state index contributed by atoms with van der Waals surface area (Å²) in [4.78, 5) is 75.5. The normalized spacial score (nSPS) is 9.69. The van der Waals surface area contributed by atoms with Crippen molar-refractivity contribution in [3.05, 3.63) is 89.7 Å². The molecule has 290 valence electrons. The van der Waals surface area contributed by atoms with Crippen molar-refractivity contribution in [3.63, 3.8) is 0 Å². The monoisotopic (exact) mass is 911 g/mol. The summed E-state index contributed by atoms with van der Waals surface area (Å²) in [5, 5.41) is 21.3. The Morgan fingerprint density at radius 3 is 1.61 bits per heavy atom. The van der Waals surface area contributed by atoms with Crippen molar-refractivity contribution in [1.82, 2.24) is 25.7 Å². The van der Waals surface area contributed by atoms with E-state index in [2.05, 4.69) is 59.4 Å². The first-order valence-corrected chi connectivity index (χ1v) is 19.3. The Morgan fingerprint density at radius 2 is 1.19 bits per heavy atom. The van der Waals surface area contributed by atoms with Crippen molar-refractivity contribution < 1.29 is 51.7 Å². The largest absolute Gasteiger partial charge is 0.481 e. The molecule has 0 aliphatic rings. The van der Waals surface area contributed by atoms with Crippen LogP contribution in [-0.2, 0) is 28.5 Å². The highest BCUT2D eigenvalue weighted by atomic mass is 36.0. The molecule has 0 saturated carbocycles. The molecule has 6 aromatic rings. The van der Waals surface area contributed by atoms with Crippen LogP contribution in [-0.4, -0.2) is 55.7 Å². The summed E-state index contributed by atoms with van der Waals surface area (Å²) < 4.78 is 24.8. The molecule has 0 spiro atoms. The Balaban J connectivity index is 0.000000670. The van der Waals surface area contributed by atoms with Crippen LogP contribution in [0.4, 0.5) is 0 Å². The number of nitrogens with zero attached hydrogens (tertiary/aromatic N) is 2. The number of hydrogen-bond acceptors (Lipinski definition) is 14. The molecule has 0 bridgehead atoms. The highest BCUT2D eigenvalue weighted by Crippen LogP contribution is 2.61. The van der Waals surface area contributed by atoms with E-state index < -0.39 is 22.6 Å². The van der Waals surface area contributed by atoms with Gasteiger partial charge in [0.05, 0.1) is 33.3 Å². The standard InChI is InChI=1S/C10H10ClN3O3.C8H4Cl2O.C6H3ClN2O2.C2H4O2.2CO2.Cl3OP/c1-4(2)12-10(16)6-3-5-7(17-6)8(11)13-14-9(5)15;9-6-1-2-7(10)8-5(6)3-4-11-8;7-5-4-3(1-2-11-4)6(10)9-8-5;1-2(3)4;2*2-1-3;1-5(2,3)4/h3-4H,1-2H3,(H,12,16)(H,14,15);1-4H;1-2H,(H,9,10);1H3,(H,3,4);;;. The van der Waals surface area contributed by atoms with Gasteiger partial charge < -0.3 is 23.7 Å². The van der Waals surface area contributed by atoms with Crippen LogP contribution in [0, 0.1) is 0 Å². The highest BCUT2D eigenvalue weighted by molar-refractivity contribution is 8.24. The molecule has 5 aromatic heterocycles. The molecule has 1 aromatic carbocycles. The Kier molecular flexibility index (Phi) is 22.8. The molecule has 0 radical (unpaired) electrons. The van der Waals surface area contributed by atoms with Gasteiger partial charge in [-0.2, -0.15) is 29.4 Å². The summed E-state index contributed by atoms with van der Waals surface area (Å²) in [6, 6.07) is 8.13. The number of amides is 1. The molecular weight excluding hydrogens is 893 g/mol. The number of aromatic nitrogens is 4. The fourth-order valence-corrected chi connectivity index (χ4v) is 4.01. The SMILES string of the molecule is CC(=O)O.CC(C)NC(=O)c1cc2c(=O)[nH]nc(Cl)c2o1.Clc1ccc(Cl)c2occc12.O=C=O.O=C=O.O=P(Cl)(Cl)Cl.O=c1[nH]nc(Cl)c2occc12. The number of carbonyl (C=O) groups is 2. The number of carboxylic acid groups (broad SMARTS) is 1. The van der Waals surface area contributed by atoms with Crippen LogP contribution in [0.2, 0.25) is 20.4 Å². The van der Waals surface area contributed by atoms with Gasteiger partial charge in [-0.1, -0.05) is 46.4 Å². The number of nitrogens with one attached hydrogen (secondary N) is 3. The zero-order chi connectivity index (χ0) is 41.8. The Morgan fingerprint density at radius 1 is 0.778 bits per heavy atom. The zero-order valence-corrected chi connectivity index (χ0v) is 33.1. The first kappa shape index (κ1) is 49.6. The third-order valence-electron chi connectivity index (χ3n) is 4.93. The summed E-state index contributed by atoms with van der Waals surface area (Å²) >= 11 is 36.9. The van der Waals surface area contributed by atoms with Gasteiger partial charge in [-0.15, -0.1) is 0 Å². The van der Waals surface area contributed by atoms with E-state index in [1.54, 1.807) is 30.5 Å². The van der Waals surface area contributed by atoms with Crippen molar-refractivity contribution in [2.45, 2.75) is 26.8 Å². The number of carboxylic acids is 1. The van der Waals surface area contributed by atoms with Crippen molar-refractivity contribution in [3.8, 4) is 0 Å². The van der Waals surface area contributed by atoms with E-state index in [1.807, 2.05) is 13.8 Å². The minimum atomic E-state index is -3.22. The van der Waals surface area contributed by atoms with Crippen LogP contribution in [0.5, 0.6) is 0 Å². The van der Waals surface area contributed by atoms with E-state index in [0.29, 0.717) is 26.6 Å². The van der Waals surface area contributed by atoms with Crippen LogP contribution in [0.25, 0.3) is 32.9 Å². The highest BCUT2D eigenvalue weighted by Gasteiger charge is 2.17. The molecule has 4 N–H and O–H groups in total. The minimum absolute atomic E-state index is 0.0168. The van der Waals surface area contributed by atoms with Crippen LogP contribution >= 0.6 is 85.3 Å². The smallest absolute Gasteiger partial charge is 0.373 e. The first-order valence-electron chi connectivity index (χ1n) is 13.4. The van der Waals surface area contributed by atoms with Crippen LogP contribution < -0.4 is 16.4 Å². The summed E-state index contributed by atoms with van der Waals surface area (Å²) in [6.45, 7) is 4.73. The second kappa shape index (κ2) is 24.8. The van der Waals surface area contributed by atoms with Crippen LogP contribution in [0.1, 0.15) is 31.3 Å². The van der Waals surface area contributed by atoms with Gasteiger partial charge in [0.15, 0.2) is 32.8 Å². The van der Waals surface area contributed by atoms with Crippen molar-refractivity contribution >= 4 is 142 Å². The summed E-state index contributed by atoms with van der Waals surface area (Å²) in [5.41, 5.74) is 0.355. The molecule has 0 saturated heterocycles. The topological polar surface area (TPSA) is 283 Å². The number of H-pyrrole nitrogens is 2. The second-order valence-corrected chi connectivity index (χ2v) is 17.3. The van der Waals surface area contributed by atoms with E-state index >= 15 is 0 Å². The molecule has 54 heavy (non-hydrogen) atoms. The number of aromatic amines is 2. The Labute approximate surface area is 334 Å². The van der Waals surface area contributed by atoms with E-state index in [-0.39, 0.29) is 50.9 Å². The summed E-state index contributed by atoms with van der Waals surface area (Å²) in [5.74, 6) is -1.19. The molecule has 0 fully saturated rings. The number of furan rings is 3. The van der Waals surface area contributed by atoms with Crippen LogP contribution in [0.15, 0.2) is 65.7 Å². The Bertz CT molecular complexity index is 2330. The molecule has 0 aliphatic heterocycles. The first-order chi connectivity index (χ1) is 25.1. The molecule has 18 nitrogen and oxygen atoms in total. The van der Waals surface area contributed by atoms with E-state index in [9.17, 15) is 18.9 Å². The van der Waals surface area contributed by atoms with Crippen LogP contribution in [0.3, 0.4) is 0 Å². The lowest BCUT2D eigenvalue weighted by atomic mass is 10.2. The predicted octanol–water partition coefficient (Wildman–Crippen LogP) is 7.95. The molecule has 0 unspecified atom stereocenters. The van der Waals surface area contributed by atoms with Crippen molar-refractivity contribution in [2.24, 2.45) is 0 Å². The van der Waals surface area contributed by atoms with E-state index in [4.69, 9.17) is 88.7 Å². The number of fused-ring (bicyclic) bond motifs is 3. The third kappa shape index (κ3) is 18.5. The van der Waals surface area contributed by atoms with Gasteiger partial charge in [0.25, 0.3) is 23.0 Å². The predicted molar refractivity (Wildman–Crippen MR) is 197 cm³/mol. The second-order valence-electron chi connectivity index (χ2n) is 9.11. The fraction of sp³-hybridized carbons (Fsp3) is 0.143. The van der Waals surface area contributed by atoms with Crippen molar-refractivity contribution in [2.75, 3.05) is 0 Å². The number of carbonyl (C=O) groups excluding carboxylic acids is 5.